The first-order chi connectivity index (χ1) is 13.9. The molecule has 0 spiro atoms. The van der Waals surface area contributed by atoms with Crippen LogP contribution < -0.4 is 16.6 Å². The fourth-order valence-electron chi connectivity index (χ4n) is 4.00. The lowest BCUT2D eigenvalue weighted by molar-refractivity contribution is -0.384. The van der Waals surface area contributed by atoms with Crippen molar-refractivity contribution in [1.29, 1.82) is 0 Å². The van der Waals surface area contributed by atoms with E-state index in [1.807, 2.05) is 0 Å². The van der Waals surface area contributed by atoms with Gasteiger partial charge in [0.05, 0.1) is 10.5 Å². The number of nitrogens with one attached hydrogen (secondary N) is 1. The summed E-state index contributed by atoms with van der Waals surface area (Å²) in [7, 11) is 2.94. The third-order valence-corrected chi connectivity index (χ3v) is 5.57. The van der Waals surface area contributed by atoms with Gasteiger partial charge in [-0.1, -0.05) is 31.4 Å². The summed E-state index contributed by atoms with van der Waals surface area (Å²) < 4.78 is 8.27. The Morgan fingerprint density at radius 2 is 1.86 bits per heavy atom. The molecule has 0 unspecified atom stereocenters. The topological polar surface area (TPSA) is 112 Å². The largest absolute Gasteiger partial charge is 0.423 e. The minimum Gasteiger partial charge on any atom is -0.423 e. The number of fused-ring (bicyclic) bond motifs is 1. The molecule has 29 heavy (non-hydrogen) atoms. The van der Waals surface area contributed by atoms with Gasteiger partial charge in [-0.3, -0.25) is 24.0 Å². The number of anilines is 1. The van der Waals surface area contributed by atoms with Gasteiger partial charge in [-0.15, -0.1) is 0 Å². The second kappa shape index (κ2) is 7.23. The molecule has 4 rings (SSSR count). The Hall–Kier alpha value is -3.36. The van der Waals surface area contributed by atoms with E-state index in [0.29, 0.717) is 17.0 Å². The summed E-state index contributed by atoms with van der Waals surface area (Å²) in [4.78, 5) is 36.1. The van der Waals surface area contributed by atoms with Crippen molar-refractivity contribution in [2.45, 2.75) is 38.1 Å². The molecule has 1 fully saturated rings. The Morgan fingerprint density at radius 1 is 1.14 bits per heavy atom. The van der Waals surface area contributed by atoms with E-state index in [9.17, 15) is 19.7 Å². The Balaban J connectivity index is 2.00. The Morgan fingerprint density at radius 3 is 2.55 bits per heavy atom. The third-order valence-electron chi connectivity index (χ3n) is 5.57. The molecule has 1 N–H and O–H groups in total. The summed E-state index contributed by atoms with van der Waals surface area (Å²) in [6.07, 6.45) is 5.34. The van der Waals surface area contributed by atoms with Gasteiger partial charge in [-0.05, 0) is 18.4 Å². The standard InChI is InChI=1S/C20H22N4O5/c1-22-18(25)16-15(12-7-6-10-14(11-12)24(27)28)17(21-13-8-4-3-5-9-13)29-19(16)23(2)20(22)26/h6-7,10-11,13,21H,3-5,8-9H2,1-2H3. The molecule has 152 valence electrons. The van der Waals surface area contributed by atoms with Crippen LogP contribution in [0.3, 0.4) is 0 Å². The lowest BCUT2D eigenvalue weighted by Crippen LogP contribution is -2.36. The Kier molecular flexibility index (Phi) is 4.73. The normalized spacial score (nSPS) is 15.0. The SMILES string of the molecule is Cn1c(=O)c2c(-c3cccc([N+](=O)[O-])c3)c(NC3CCCCC3)oc2n(C)c1=O. The van der Waals surface area contributed by atoms with Gasteiger partial charge in [0.25, 0.3) is 11.2 Å². The van der Waals surface area contributed by atoms with Gasteiger partial charge in [0.1, 0.15) is 5.39 Å². The fraction of sp³-hybridized carbons (Fsp3) is 0.400. The molecule has 2 aromatic heterocycles. The van der Waals surface area contributed by atoms with Crippen LogP contribution in [0.5, 0.6) is 0 Å². The molecule has 0 aliphatic heterocycles. The number of nitro groups is 1. The highest BCUT2D eigenvalue weighted by Gasteiger charge is 2.26. The molecule has 1 aliphatic carbocycles. The molecule has 1 aromatic carbocycles. The fourth-order valence-corrected chi connectivity index (χ4v) is 4.00. The predicted molar refractivity (Wildman–Crippen MR) is 109 cm³/mol. The maximum Gasteiger partial charge on any atom is 0.333 e. The first kappa shape index (κ1) is 19.0. The van der Waals surface area contributed by atoms with Gasteiger partial charge in [-0.2, -0.15) is 0 Å². The molecule has 3 aromatic rings. The number of aromatic nitrogens is 2. The van der Waals surface area contributed by atoms with E-state index >= 15 is 0 Å². The number of nitrogens with zero attached hydrogens (tertiary/aromatic N) is 3. The van der Waals surface area contributed by atoms with Crippen LogP contribution in [0.15, 0.2) is 38.3 Å². The lowest BCUT2D eigenvalue weighted by Gasteiger charge is -2.23. The van der Waals surface area contributed by atoms with Crippen molar-refractivity contribution in [3.8, 4) is 11.1 Å². The van der Waals surface area contributed by atoms with E-state index in [-0.39, 0.29) is 22.8 Å². The minimum absolute atomic E-state index is 0.0814. The van der Waals surface area contributed by atoms with Crippen molar-refractivity contribution in [2.75, 3.05) is 5.32 Å². The van der Waals surface area contributed by atoms with E-state index in [2.05, 4.69) is 5.32 Å². The molecule has 0 amide bonds. The maximum atomic E-state index is 12.9. The number of furan rings is 1. The van der Waals surface area contributed by atoms with Crippen LogP contribution in [0.25, 0.3) is 22.2 Å². The van der Waals surface area contributed by atoms with E-state index in [1.165, 1.54) is 37.2 Å². The molecule has 0 saturated heterocycles. The number of non-ortho nitro benzene ring substituents is 1. The first-order valence-corrected chi connectivity index (χ1v) is 9.62. The minimum atomic E-state index is -0.495. The van der Waals surface area contributed by atoms with Crippen LogP contribution in [0.2, 0.25) is 0 Å². The van der Waals surface area contributed by atoms with E-state index in [4.69, 9.17) is 4.42 Å². The molecule has 1 aliphatic rings. The number of nitro benzene ring substituents is 1. The van der Waals surface area contributed by atoms with E-state index in [0.717, 1.165) is 30.3 Å². The quantitative estimate of drug-likeness (QED) is 0.534. The molecule has 2 heterocycles. The Labute approximate surface area is 165 Å². The van der Waals surface area contributed by atoms with Crippen molar-refractivity contribution in [3.63, 3.8) is 0 Å². The first-order valence-electron chi connectivity index (χ1n) is 9.62. The van der Waals surface area contributed by atoms with Gasteiger partial charge < -0.3 is 9.73 Å². The van der Waals surface area contributed by atoms with Gasteiger partial charge in [0.15, 0.2) is 0 Å². The van der Waals surface area contributed by atoms with Crippen LogP contribution in [0.1, 0.15) is 32.1 Å². The van der Waals surface area contributed by atoms with Gasteiger partial charge >= 0.3 is 5.69 Å². The smallest absolute Gasteiger partial charge is 0.333 e. The monoisotopic (exact) mass is 398 g/mol. The zero-order valence-corrected chi connectivity index (χ0v) is 16.3. The summed E-state index contributed by atoms with van der Waals surface area (Å²) in [5.41, 5.74) is 0.0219. The van der Waals surface area contributed by atoms with Crippen molar-refractivity contribution >= 4 is 22.7 Å². The van der Waals surface area contributed by atoms with Crippen LogP contribution in [-0.2, 0) is 14.1 Å². The highest BCUT2D eigenvalue weighted by molar-refractivity contribution is 5.99. The molecular weight excluding hydrogens is 376 g/mol. The molecule has 9 heteroatoms. The Bertz CT molecular complexity index is 1210. The zero-order chi connectivity index (χ0) is 20.7. The summed E-state index contributed by atoms with van der Waals surface area (Å²) in [5, 5.41) is 14.9. The summed E-state index contributed by atoms with van der Waals surface area (Å²) in [6.45, 7) is 0. The average molecular weight is 398 g/mol. The number of benzene rings is 1. The van der Waals surface area contributed by atoms with Crippen molar-refractivity contribution < 1.29 is 9.34 Å². The average Bonchev–Trinajstić information content (AvgIpc) is 3.10. The van der Waals surface area contributed by atoms with Crippen LogP contribution in [-0.4, -0.2) is 20.1 Å². The van der Waals surface area contributed by atoms with E-state index in [1.54, 1.807) is 12.1 Å². The lowest BCUT2D eigenvalue weighted by atomic mass is 9.95. The van der Waals surface area contributed by atoms with Crippen LogP contribution >= 0.6 is 0 Å². The molecule has 0 atom stereocenters. The number of hydrogen-bond acceptors (Lipinski definition) is 6. The second-order valence-corrected chi connectivity index (χ2v) is 7.48. The molecule has 1 saturated carbocycles. The molecular formula is C20H22N4O5. The van der Waals surface area contributed by atoms with Crippen LogP contribution in [0.4, 0.5) is 11.6 Å². The molecule has 9 nitrogen and oxygen atoms in total. The van der Waals surface area contributed by atoms with E-state index < -0.39 is 16.2 Å². The van der Waals surface area contributed by atoms with Gasteiger partial charge in [0.2, 0.25) is 11.6 Å². The number of hydrogen-bond donors (Lipinski definition) is 1. The molecule has 0 radical (unpaired) electrons. The number of rotatable bonds is 4. The number of aryl methyl sites for hydroxylation is 1. The van der Waals surface area contributed by atoms with Crippen molar-refractivity contribution in [2.24, 2.45) is 14.1 Å². The highest BCUT2D eigenvalue weighted by Crippen LogP contribution is 2.38. The van der Waals surface area contributed by atoms with Crippen molar-refractivity contribution in [1.82, 2.24) is 9.13 Å². The van der Waals surface area contributed by atoms with Crippen LogP contribution in [0, 0.1) is 10.1 Å². The zero-order valence-electron chi connectivity index (χ0n) is 16.3. The maximum absolute atomic E-state index is 12.9. The predicted octanol–water partition coefficient (Wildman–Crippen LogP) is 3.15. The van der Waals surface area contributed by atoms with Gasteiger partial charge in [0, 0.05) is 32.3 Å². The summed E-state index contributed by atoms with van der Waals surface area (Å²) in [5.74, 6) is 0.366. The second-order valence-electron chi connectivity index (χ2n) is 7.48. The van der Waals surface area contributed by atoms with Gasteiger partial charge in [-0.25, -0.2) is 4.79 Å². The van der Waals surface area contributed by atoms with Crippen molar-refractivity contribution in [3.05, 3.63) is 55.2 Å². The third kappa shape index (κ3) is 3.22. The highest BCUT2D eigenvalue weighted by atomic mass is 16.6. The molecule has 0 bridgehead atoms. The summed E-state index contributed by atoms with van der Waals surface area (Å²) in [6, 6.07) is 6.27. The summed E-state index contributed by atoms with van der Waals surface area (Å²) >= 11 is 0.